The highest BCUT2D eigenvalue weighted by Gasteiger charge is 2.19. The average Bonchev–Trinajstić information content (AvgIpc) is 3.23. The molecule has 0 spiro atoms. The first-order valence-corrected chi connectivity index (χ1v) is 26.4. The molecule has 0 aromatic heterocycles. The zero-order chi connectivity index (χ0) is 43.1. The molecule has 0 aliphatic heterocycles. The molecule has 0 amide bonds. The third kappa shape index (κ3) is 45.8. The molecular formula is C53H102O6. The zero-order valence-corrected chi connectivity index (χ0v) is 40.2. The highest BCUT2D eigenvalue weighted by molar-refractivity contribution is 5.71. The molecule has 0 N–H and O–H groups in total. The van der Waals surface area contributed by atoms with E-state index in [-0.39, 0.29) is 31.1 Å². The van der Waals surface area contributed by atoms with Crippen molar-refractivity contribution in [2.24, 2.45) is 5.92 Å². The van der Waals surface area contributed by atoms with E-state index in [1.54, 1.807) is 0 Å². The van der Waals surface area contributed by atoms with Crippen LogP contribution in [0.3, 0.4) is 0 Å². The third-order valence-electron chi connectivity index (χ3n) is 12.4. The number of hydrogen-bond acceptors (Lipinski definition) is 6. The number of carbonyl (C=O) groups is 3. The summed E-state index contributed by atoms with van der Waals surface area (Å²) >= 11 is 0. The molecule has 2 atom stereocenters. The van der Waals surface area contributed by atoms with Gasteiger partial charge in [0.1, 0.15) is 13.2 Å². The molecule has 0 aromatic carbocycles. The van der Waals surface area contributed by atoms with Crippen LogP contribution in [0.1, 0.15) is 297 Å². The van der Waals surface area contributed by atoms with E-state index < -0.39 is 6.10 Å². The Bertz CT molecular complexity index is 889. The van der Waals surface area contributed by atoms with Gasteiger partial charge in [0.15, 0.2) is 6.10 Å². The van der Waals surface area contributed by atoms with E-state index in [1.165, 1.54) is 193 Å². The normalized spacial score (nSPS) is 12.4. The summed E-state index contributed by atoms with van der Waals surface area (Å²) in [4.78, 5) is 37.9. The molecule has 0 saturated heterocycles. The maximum atomic E-state index is 12.8. The first kappa shape index (κ1) is 57.4. The van der Waals surface area contributed by atoms with Crippen LogP contribution in [0.5, 0.6) is 0 Å². The smallest absolute Gasteiger partial charge is 0.306 e. The van der Waals surface area contributed by atoms with Crippen LogP contribution < -0.4 is 0 Å². The van der Waals surface area contributed by atoms with Gasteiger partial charge in [0.2, 0.25) is 0 Å². The van der Waals surface area contributed by atoms with Crippen molar-refractivity contribution in [1.29, 1.82) is 0 Å². The minimum atomic E-state index is -0.761. The van der Waals surface area contributed by atoms with Crippen LogP contribution in [-0.4, -0.2) is 37.2 Å². The summed E-state index contributed by atoms with van der Waals surface area (Å²) in [5.41, 5.74) is 0. The molecule has 6 heteroatoms. The quantitative estimate of drug-likeness (QED) is 0.0345. The van der Waals surface area contributed by atoms with Gasteiger partial charge in [-0.05, 0) is 25.2 Å². The molecule has 59 heavy (non-hydrogen) atoms. The number of esters is 3. The maximum Gasteiger partial charge on any atom is 0.306 e. The van der Waals surface area contributed by atoms with Gasteiger partial charge in [-0.1, -0.05) is 259 Å². The molecule has 350 valence electrons. The molecule has 0 aliphatic rings. The van der Waals surface area contributed by atoms with E-state index in [0.29, 0.717) is 19.3 Å². The lowest BCUT2D eigenvalue weighted by Crippen LogP contribution is -2.30. The van der Waals surface area contributed by atoms with E-state index in [1.807, 2.05) is 0 Å². The molecular weight excluding hydrogens is 733 g/mol. The van der Waals surface area contributed by atoms with Gasteiger partial charge < -0.3 is 14.2 Å². The third-order valence-corrected chi connectivity index (χ3v) is 12.4. The van der Waals surface area contributed by atoms with E-state index in [9.17, 15) is 14.4 Å². The number of hydrogen-bond donors (Lipinski definition) is 0. The van der Waals surface area contributed by atoms with E-state index >= 15 is 0 Å². The Morgan fingerprint density at radius 3 is 0.881 bits per heavy atom. The molecule has 0 rings (SSSR count). The zero-order valence-electron chi connectivity index (χ0n) is 40.2. The van der Waals surface area contributed by atoms with Crippen molar-refractivity contribution in [1.82, 2.24) is 0 Å². The Morgan fingerprint density at radius 2 is 0.593 bits per heavy atom. The molecule has 0 heterocycles. The SMILES string of the molecule is CCCCCCCCCCCCCCCCCCCC(=O)O[C@H](COC(=O)CCCCCCCCCCCCCC)COC(=O)CCCCCCCCCCC(C)CC. The van der Waals surface area contributed by atoms with Gasteiger partial charge in [0, 0.05) is 19.3 Å². The van der Waals surface area contributed by atoms with Crippen LogP contribution in [-0.2, 0) is 28.6 Å². The van der Waals surface area contributed by atoms with E-state index in [2.05, 4.69) is 27.7 Å². The lowest BCUT2D eigenvalue weighted by atomic mass is 9.99. The van der Waals surface area contributed by atoms with Gasteiger partial charge in [-0.15, -0.1) is 0 Å². The van der Waals surface area contributed by atoms with Crippen LogP contribution in [0, 0.1) is 5.92 Å². The molecule has 0 radical (unpaired) electrons. The van der Waals surface area contributed by atoms with E-state index in [0.717, 1.165) is 63.7 Å². The van der Waals surface area contributed by atoms with Gasteiger partial charge in [0.05, 0.1) is 0 Å². The van der Waals surface area contributed by atoms with Crippen molar-refractivity contribution < 1.29 is 28.6 Å². The van der Waals surface area contributed by atoms with Crippen molar-refractivity contribution >= 4 is 17.9 Å². The number of carbonyl (C=O) groups excluding carboxylic acids is 3. The molecule has 1 unspecified atom stereocenters. The summed E-state index contributed by atoms with van der Waals surface area (Å²) in [7, 11) is 0. The lowest BCUT2D eigenvalue weighted by molar-refractivity contribution is -0.167. The maximum absolute atomic E-state index is 12.8. The fourth-order valence-corrected chi connectivity index (χ4v) is 8.01. The monoisotopic (exact) mass is 835 g/mol. The minimum absolute atomic E-state index is 0.0630. The van der Waals surface area contributed by atoms with Crippen molar-refractivity contribution in [3.05, 3.63) is 0 Å². The van der Waals surface area contributed by atoms with Crippen molar-refractivity contribution in [3.63, 3.8) is 0 Å². The van der Waals surface area contributed by atoms with Gasteiger partial charge in [0.25, 0.3) is 0 Å². The second kappa shape index (κ2) is 47.5. The summed E-state index contributed by atoms with van der Waals surface area (Å²) in [5, 5.41) is 0. The summed E-state index contributed by atoms with van der Waals surface area (Å²) in [5.74, 6) is 0.00330. The second-order valence-electron chi connectivity index (χ2n) is 18.4. The largest absolute Gasteiger partial charge is 0.462 e. The first-order chi connectivity index (χ1) is 28.9. The van der Waals surface area contributed by atoms with Crippen LogP contribution in [0.25, 0.3) is 0 Å². The standard InChI is InChI=1S/C53H102O6/c1-5-8-10-12-14-16-18-20-21-22-23-24-26-28-34-38-42-46-53(56)59-50(47-57-51(54)44-40-36-32-27-25-19-17-15-13-11-9-6-2)48-58-52(55)45-41-37-33-30-29-31-35-39-43-49(4)7-3/h49-50H,5-48H2,1-4H3/t49?,50-/m1/s1. The first-order valence-electron chi connectivity index (χ1n) is 26.4. The molecule has 0 bridgehead atoms. The topological polar surface area (TPSA) is 78.9 Å². The van der Waals surface area contributed by atoms with Gasteiger partial charge in [-0.3, -0.25) is 14.4 Å². The summed E-state index contributed by atoms with van der Waals surface area (Å²) in [6.45, 7) is 9.03. The fourth-order valence-electron chi connectivity index (χ4n) is 8.01. The predicted octanol–water partition coefficient (Wildman–Crippen LogP) is 17.1. The highest BCUT2D eigenvalue weighted by atomic mass is 16.6. The number of unbranched alkanes of at least 4 members (excludes halogenated alkanes) is 34. The van der Waals surface area contributed by atoms with Gasteiger partial charge in [-0.2, -0.15) is 0 Å². The summed E-state index contributed by atoms with van der Waals surface area (Å²) < 4.78 is 16.8. The van der Waals surface area contributed by atoms with Gasteiger partial charge >= 0.3 is 17.9 Å². The summed E-state index contributed by atoms with van der Waals surface area (Å²) in [6, 6.07) is 0. The Kier molecular flexibility index (Phi) is 46.2. The molecule has 0 aromatic rings. The molecule has 6 nitrogen and oxygen atoms in total. The molecule has 0 aliphatic carbocycles. The van der Waals surface area contributed by atoms with Crippen LogP contribution in [0.4, 0.5) is 0 Å². The van der Waals surface area contributed by atoms with Crippen molar-refractivity contribution in [3.8, 4) is 0 Å². The molecule has 0 fully saturated rings. The Balaban J connectivity index is 4.30. The van der Waals surface area contributed by atoms with Crippen LogP contribution in [0.2, 0.25) is 0 Å². The number of rotatable bonds is 48. The van der Waals surface area contributed by atoms with Crippen molar-refractivity contribution in [2.45, 2.75) is 303 Å². The second-order valence-corrected chi connectivity index (χ2v) is 18.4. The Morgan fingerprint density at radius 1 is 0.339 bits per heavy atom. The Labute approximate surface area is 368 Å². The number of ether oxygens (including phenoxy) is 3. The predicted molar refractivity (Wildman–Crippen MR) is 252 cm³/mol. The van der Waals surface area contributed by atoms with Crippen LogP contribution >= 0.6 is 0 Å². The van der Waals surface area contributed by atoms with E-state index in [4.69, 9.17) is 14.2 Å². The average molecular weight is 835 g/mol. The fraction of sp³-hybridized carbons (Fsp3) is 0.943. The Hall–Kier alpha value is -1.59. The van der Waals surface area contributed by atoms with Crippen molar-refractivity contribution in [2.75, 3.05) is 13.2 Å². The molecule has 0 saturated carbocycles. The lowest BCUT2D eigenvalue weighted by Gasteiger charge is -2.18. The van der Waals surface area contributed by atoms with Gasteiger partial charge in [-0.25, -0.2) is 0 Å². The highest BCUT2D eigenvalue weighted by Crippen LogP contribution is 2.18. The minimum Gasteiger partial charge on any atom is -0.462 e. The van der Waals surface area contributed by atoms with Crippen LogP contribution in [0.15, 0.2) is 0 Å². The summed E-state index contributed by atoms with van der Waals surface area (Å²) in [6.07, 6.45) is 49.4.